The summed E-state index contributed by atoms with van der Waals surface area (Å²) in [5.74, 6) is 1.56. The summed E-state index contributed by atoms with van der Waals surface area (Å²) < 4.78 is 16.3. The second-order valence-corrected chi connectivity index (χ2v) is 25.1. The Labute approximate surface area is 549 Å². The van der Waals surface area contributed by atoms with Gasteiger partial charge in [-0.05, 0) is 145 Å². The van der Waals surface area contributed by atoms with Crippen LogP contribution in [-0.4, -0.2) is 39.8 Å². The molecule has 0 saturated heterocycles. The predicted molar refractivity (Wildman–Crippen MR) is 395 cm³/mol. The van der Waals surface area contributed by atoms with Crippen LogP contribution >= 0.6 is 0 Å². The summed E-state index contributed by atoms with van der Waals surface area (Å²) in [5, 5.41) is 28.7. The van der Waals surface area contributed by atoms with Gasteiger partial charge in [-0.2, -0.15) is 5.10 Å². The van der Waals surface area contributed by atoms with Gasteiger partial charge in [-0.15, -0.1) is 0 Å². The molecule has 2 N–H and O–H groups in total. The van der Waals surface area contributed by atoms with Gasteiger partial charge in [0.15, 0.2) is 5.82 Å². The van der Waals surface area contributed by atoms with Crippen molar-refractivity contribution in [2.75, 3.05) is 0 Å². The molecule has 0 bridgehead atoms. The fourth-order valence-corrected chi connectivity index (χ4v) is 15.2. The molecular formula is C86H55N9O. The Morgan fingerprint density at radius 3 is 1.71 bits per heavy atom. The molecule has 2 aliphatic rings. The molecule has 10 nitrogen and oxygen atoms in total. The number of nitrogens with zero attached hydrogens (tertiary/aromatic N) is 7. The number of nitrogens with one attached hydrogen (secondary N) is 2. The first kappa shape index (κ1) is 53.7. The average molecular weight is 1230 g/mol. The first-order chi connectivity index (χ1) is 47.5. The Hall–Kier alpha value is -12.9. The van der Waals surface area contributed by atoms with Crippen molar-refractivity contribution in [3.63, 3.8) is 0 Å². The minimum absolute atomic E-state index is 0.400. The number of rotatable bonds is 9. The number of aliphatic imine (C=N–C) groups is 1. The van der Waals surface area contributed by atoms with Crippen LogP contribution in [-0.2, 0) is 0 Å². The zero-order valence-electron chi connectivity index (χ0n) is 51.7. The van der Waals surface area contributed by atoms with Gasteiger partial charge in [0.05, 0.1) is 66.9 Å². The second kappa shape index (κ2) is 21.1. The van der Waals surface area contributed by atoms with Crippen LogP contribution in [0.15, 0.2) is 312 Å². The van der Waals surface area contributed by atoms with Crippen LogP contribution in [0.1, 0.15) is 24.0 Å². The fourth-order valence-electron chi connectivity index (χ4n) is 15.2. The summed E-state index contributed by atoms with van der Waals surface area (Å²) >= 11 is 0. The van der Waals surface area contributed by atoms with E-state index in [-0.39, 0.29) is 0 Å². The maximum atomic E-state index is 9.47. The maximum Gasteiger partial charge on any atom is 0.161 e. The van der Waals surface area contributed by atoms with E-state index in [1.54, 1.807) is 0 Å². The molecule has 1 aliphatic heterocycles. The molecule has 0 unspecified atom stereocenters. The van der Waals surface area contributed by atoms with E-state index in [2.05, 4.69) is 256 Å². The summed E-state index contributed by atoms with van der Waals surface area (Å²) in [5.41, 5.74) is 23.6. The first-order valence-corrected chi connectivity index (χ1v) is 32.6. The molecule has 18 aromatic rings. The molecule has 20 rings (SSSR count). The quantitative estimate of drug-likeness (QED) is 0.140. The summed E-state index contributed by atoms with van der Waals surface area (Å²) in [6, 6.07) is 98.5. The van der Waals surface area contributed by atoms with Crippen molar-refractivity contribution in [2.45, 2.75) is 12.8 Å². The van der Waals surface area contributed by atoms with Crippen molar-refractivity contribution < 1.29 is 4.42 Å². The van der Waals surface area contributed by atoms with E-state index in [9.17, 15) is 5.41 Å². The number of amidine groups is 1. The first-order valence-electron chi connectivity index (χ1n) is 32.6. The van der Waals surface area contributed by atoms with Crippen LogP contribution in [0.3, 0.4) is 0 Å². The molecule has 10 heteroatoms. The monoisotopic (exact) mass is 1230 g/mol. The lowest BCUT2D eigenvalue weighted by atomic mass is 9.95. The van der Waals surface area contributed by atoms with E-state index < -0.39 is 0 Å². The number of furan rings is 1. The van der Waals surface area contributed by atoms with Crippen molar-refractivity contribution in [1.82, 2.24) is 33.6 Å². The number of fused-ring (bicyclic) bond motifs is 16. The lowest BCUT2D eigenvalue weighted by molar-refractivity contribution is 0.670. The smallest absolute Gasteiger partial charge is 0.161 e. The van der Waals surface area contributed by atoms with E-state index in [0.29, 0.717) is 5.71 Å². The molecule has 0 fully saturated rings. The van der Waals surface area contributed by atoms with Crippen molar-refractivity contribution in [2.24, 2.45) is 4.99 Å². The van der Waals surface area contributed by atoms with Gasteiger partial charge in [0, 0.05) is 87.8 Å². The van der Waals surface area contributed by atoms with Crippen LogP contribution in [0.25, 0.3) is 160 Å². The maximum absolute atomic E-state index is 9.47. The molecule has 96 heavy (non-hydrogen) atoms. The number of aromatic nitrogens is 6. The zero-order valence-corrected chi connectivity index (χ0v) is 51.7. The molecule has 6 aromatic heterocycles. The number of benzene rings is 12. The van der Waals surface area contributed by atoms with Gasteiger partial charge in [-0.3, -0.25) is 0 Å². The van der Waals surface area contributed by atoms with Crippen molar-refractivity contribution >= 4 is 132 Å². The molecule has 0 spiro atoms. The molecular weight excluding hydrogens is 1180 g/mol. The van der Waals surface area contributed by atoms with E-state index in [1.807, 2.05) is 65.2 Å². The van der Waals surface area contributed by atoms with E-state index >= 15 is 0 Å². The van der Waals surface area contributed by atoms with E-state index in [0.717, 1.165) is 152 Å². The average Bonchev–Trinajstić information content (AvgIpc) is 1.56. The highest BCUT2D eigenvalue weighted by Gasteiger charge is 2.27. The highest BCUT2D eigenvalue weighted by Crippen LogP contribution is 2.45. The number of hydrogen-bond acceptors (Lipinski definition) is 6. The minimum atomic E-state index is 0.400. The van der Waals surface area contributed by atoms with Crippen molar-refractivity contribution in [3.05, 3.63) is 314 Å². The van der Waals surface area contributed by atoms with Gasteiger partial charge in [-0.25, -0.2) is 14.5 Å². The number of hydrogen-bond donors (Lipinski definition) is 2. The van der Waals surface area contributed by atoms with Crippen LogP contribution < -0.4 is 5.32 Å². The molecule has 0 amide bonds. The predicted octanol–water partition coefficient (Wildman–Crippen LogP) is 21.4. The second-order valence-electron chi connectivity index (χ2n) is 25.1. The highest BCUT2D eigenvalue weighted by molar-refractivity contribution is 6.22. The largest absolute Gasteiger partial charge is 0.455 e. The normalized spacial score (nSPS) is 13.9. The zero-order chi connectivity index (χ0) is 63.1. The molecule has 0 saturated carbocycles. The third-order valence-corrected chi connectivity index (χ3v) is 19.7. The van der Waals surface area contributed by atoms with Gasteiger partial charge >= 0.3 is 0 Å². The molecule has 0 atom stereocenters. The standard InChI is InChI=1S/C86H55N9O/c87-71(52-19-4-1-5-20-52)50-75-70-45-56(39-44-73(70)88-85(89-75)54-35-40-58(41-36-54)93-77-33-16-12-26-62(77)67-46-79-66(47-80(67)93)61-25-11-15-32-76(61)92(79)57-23-8-3-9-24-57)60-29-18-30-64-69-48-81-68(49-83(69)96-84(60)64)63-27-13-17-34-78(63)94(81)59-42-37-55(38-43-59)86-90-72-31-14-10-28-65(72)82-51-74(91-95(82)86)53-21-6-2-7-22-53/h1-35,37-40,42-51,87H,36,41H2,(H,88,89). The Bertz CT molecular complexity index is 6470. The molecule has 450 valence electrons. The molecule has 7 heterocycles. The third kappa shape index (κ3) is 8.31. The topological polar surface area (TPSA) is 106 Å². The summed E-state index contributed by atoms with van der Waals surface area (Å²) in [6.45, 7) is 0. The van der Waals surface area contributed by atoms with Crippen LogP contribution in [0.4, 0.5) is 5.69 Å². The SMILES string of the molecule is N=C(C=C1NC(C2=CC=C(n3c4ccccc4c4cc5c(cc43)c3ccccc3n5-c3ccccc3)CC2)=Nc2ccc(-c3cccc4c3oc3cc5c6ccccc6n(-c6ccc(-c7nc8ccccc8c8cc(-c9ccccc9)nn78)cc6)c5cc34)cc21)c1ccccc1. The molecule has 1 aliphatic carbocycles. The van der Waals surface area contributed by atoms with Gasteiger partial charge in [0.1, 0.15) is 17.0 Å². The van der Waals surface area contributed by atoms with E-state index in [4.69, 9.17) is 19.5 Å². The van der Waals surface area contributed by atoms with Gasteiger partial charge in [0.2, 0.25) is 0 Å². The summed E-state index contributed by atoms with van der Waals surface area (Å²) in [4.78, 5) is 10.6. The Morgan fingerprint density at radius 1 is 0.427 bits per heavy atom. The molecule has 12 aromatic carbocycles. The Kier molecular flexibility index (Phi) is 11.8. The number of allylic oxidation sites excluding steroid dienone is 4. The van der Waals surface area contributed by atoms with Crippen LogP contribution in [0.2, 0.25) is 0 Å². The molecule has 0 radical (unpaired) electrons. The lowest BCUT2D eigenvalue weighted by Gasteiger charge is -2.25. The van der Waals surface area contributed by atoms with E-state index in [1.165, 1.54) is 49.3 Å². The minimum Gasteiger partial charge on any atom is -0.455 e. The van der Waals surface area contributed by atoms with Gasteiger partial charge in [0.25, 0.3) is 0 Å². The van der Waals surface area contributed by atoms with Crippen LogP contribution in [0, 0.1) is 5.41 Å². The number of para-hydroxylation sites is 6. The van der Waals surface area contributed by atoms with Crippen LogP contribution in [0.5, 0.6) is 0 Å². The van der Waals surface area contributed by atoms with Gasteiger partial charge < -0.3 is 28.8 Å². The summed E-state index contributed by atoms with van der Waals surface area (Å²) in [7, 11) is 0. The highest BCUT2D eigenvalue weighted by atomic mass is 16.3. The summed E-state index contributed by atoms with van der Waals surface area (Å²) in [6.07, 6.45) is 8.03. The Morgan fingerprint density at radius 2 is 1.01 bits per heavy atom. The van der Waals surface area contributed by atoms with Crippen molar-refractivity contribution in [3.8, 4) is 45.1 Å². The van der Waals surface area contributed by atoms with Gasteiger partial charge in [-0.1, -0.05) is 182 Å². The lowest BCUT2D eigenvalue weighted by Crippen LogP contribution is -2.28. The third-order valence-electron chi connectivity index (χ3n) is 19.7. The van der Waals surface area contributed by atoms with Crippen molar-refractivity contribution in [1.29, 1.82) is 5.41 Å². The fraction of sp³-hybridized carbons (Fsp3) is 0.0233. The Balaban J connectivity index is 0.672.